The van der Waals surface area contributed by atoms with Crippen LogP contribution in [0.5, 0.6) is 5.75 Å². The Hall–Kier alpha value is -1.46. The number of methoxy groups -OCH3 is 2. The van der Waals surface area contributed by atoms with E-state index in [1.54, 1.807) is 21.3 Å². The second-order valence-electron chi connectivity index (χ2n) is 4.48. The average molecular weight is 314 g/mol. The molecule has 1 aromatic rings. The van der Waals surface area contributed by atoms with Crippen molar-refractivity contribution in [2.45, 2.75) is 12.8 Å². The van der Waals surface area contributed by atoms with Crippen molar-refractivity contribution in [1.29, 1.82) is 0 Å². The number of benzene rings is 1. The van der Waals surface area contributed by atoms with Crippen molar-refractivity contribution in [3.8, 4) is 5.75 Å². The summed E-state index contributed by atoms with van der Waals surface area (Å²) in [6.07, 6.45) is 1.77. The lowest BCUT2D eigenvalue weighted by atomic mass is 10.1. The predicted molar refractivity (Wildman–Crippen MR) is 87.6 cm³/mol. The molecular weight excluding hydrogens is 290 g/mol. The fourth-order valence-corrected chi connectivity index (χ4v) is 2.08. The zero-order valence-electron chi connectivity index (χ0n) is 12.9. The number of nitrogens with one attached hydrogen (secondary N) is 2. The molecule has 21 heavy (non-hydrogen) atoms. The minimum atomic E-state index is 0.721. The Morgan fingerprint density at radius 2 is 2.00 bits per heavy atom. The van der Waals surface area contributed by atoms with Gasteiger partial charge in [0.2, 0.25) is 0 Å². The Morgan fingerprint density at radius 1 is 1.24 bits per heavy atom. The molecular formula is C15H24ClN3O2. The molecule has 0 aliphatic heterocycles. The molecule has 0 fully saturated rings. The number of hydrogen-bond acceptors (Lipinski definition) is 3. The fourth-order valence-electron chi connectivity index (χ4n) is 1.82. The van der Waals surface area contributed by atoms with Gasteiger partial charge in [-0.1, -0.05) is 17.7 Å². The summed E-state index contributed by atoms with van der Waals surface area (Å²) in [7, 11) is 5.09. The van der Waals surface area contributed by atoms with Gasteiger partial charge in [-0.05, 0) is 30.5 Å². The van der Waals surface area contributed by atoms with Crippen molar-refractivity contribution in [2.24, 2.45) is 4.99 Å². The van der Waals surface area contributed by atoms with Gasteiger partial charge in [-0.25, -0.2) is 0 Å². The van der Waals surface area contributed by atoms with E-state index >= 15 is 0 Å². The highest BCUT2D eigenvalue weighted by Crippen LogP contribution is 2.22. The lowest BCUT2D eigenvalue weighted by molar-refractivity contribution is 0.195. The summed E-state index contributed by atoms with van der Waals surface area (Å²) in [5.74, 6) is 1.56. The summed E-state index contributed by atoms with van der Waals surface area (Å²) in [5, 5.41) is 7.21. The van der Waals surface area contributed by atoms with Crippen molar-refractivity contribution in [1.82, 2.24) is 10.6 Å². The lowest BCUT2D eigenvalue weighted by Gasteiger charge is -2.12. The number of halogens is 1. The van der Waals surface area contributed by atoms with E-state index in [2.05, 4.69) is 15.6 Å². The topological polar surface area (TPSA) is 54.9 Å². The van der Waals surface area contributed by atoms with Crippen LogP contribution < -0.4 is 15.4 Å². The number of ether oxygens (including phenoxy) is 2. The summed E-state index contributed by atoms with van der Waals surface area (Å²) in [4.78, 5) is 4.17. The van der Waals surface area contributed by atoms with Crippen LogP contribution in [0.3, 0.4) is 0 Å². The normalized spacial score (nSPS) is 11.3. The standard InChI is InChI=1S/C15H24ClN3O2/c1-17-15(18-8-4-10-20-2)19-9-7-12-5-6-13(21-3)11-14(12)16/h5-6,11H,4,7-10H2,1-3H3,(H2,17,18,19). The Labute approximate surface area is 131 Å². The smallest absolute Gasteiger partial charge is 0.190 e. The quantitative estimate of drug-likeness (QED) is 0.438. The number of guanidine groups is 1. The zero-order chi connectivity index (χ0) is 15.5. The van der Waals surface area contributed by atoms with Gasteiger partial charge in [0.25, 0.3) is 0 Å². The highest BCUT2D eigenvalue weighted by Gasteiger charge is 2.03. The fraction of sp³-hybridized carbons (Fsp3) is 0.533. The van der Waals surface area contributed by atoms with E-state index in [9.17, 15) is 0 Å². The molecule has 1 aromatic carbocycles. The molecule has 0 bridgehead atoms. The van der Waals surface area contributed by atoms with Crippen LogP contribution in [0.25, 0.3) is 0 Å². The third-order valence-electron chi connectivity index (χ3n) is 2.99. The van der Waals surface area contributed by atoms with Crippen LogP contribution in [0, 0.1) is 0 Å². The van der Waals surface area contributed by atoms with E-state index < -0.39 is 0 Å². The number of hydrogen-bond donors (Lipinski definition) is 2. The highest BCUT2D eigenvalue weighted by molar-refractivity contribution is 6.31. The Balaban J connectivity index is 2.34. The SMILES string of the molecule is CN=C(NCCCOC)NCCc1ccc(OC)cc1Cl. The van der Waals surface area contributed by atoms with Crippen LogP contribution in [0.15, 0.2) is 23.2 Å². The van der Waals surface area contributed by atoms with Crippen LogP contribution >= 0.6 is 11.6 Å². The van der Waals surface area contributed by atoms with Gasteiger partial charge in [0.15, 0.2) is 5.96 Å². The first kappa shape index (κ1) is 17.6. The molecule has 1 rings (SSSR count). The third kappa shape index (κ3) is 6.69. The van der Waals surface area contributed by atoms with E-state index in [0.717, 1.165) is 54.8 Å². The minimum absolute atomic E-state index is 0.721. The van der Waals surface area contributed by atoms with E-state index in [-0.39, 0.29) is 0 Å². The Kier molecular flexibility index (Phi) is 8.62. The molecule has 0 saturated heterocycles. The molecule has 0 saturated carbocycles. The van der Waals surface area contributed by atoms with E-state index in [0.29, 0.717) is 0 Å². The molecule has 0 spiro atoms. The zero-order valence-corrected chi connectivity index (χ0v) is 13.7. The molecule has 0 atom stereocenters. The first-order valence-electron chi connectivity index (χ1n) is 6.97. The molecule has 118 valence electrons. The molecule has 0 unspecified atom stereocenters. The van der Waals surface area contributed by atoms with Crippen molar-refractivity contribution < 1.29 is 9.47 Å². The predicted octanol–water partition coefficient (Wildman–Crippen LogP) is 2.09. The maximum atomic E-state index is 6.21. The van der Waals surface area contributed by atoms with Crippen LogP contribution in [-0.4, -0.2) is 46.9 Å². The molecule has 0 aromatic heterocycles. The van der Waals surface area contributed by atoms with E-state index in [4.69, 9.17) is 21.1 Å². The van der Waals surface area contributed by atoms with E-state index in [1.165, 1.54) is 0 Å². The van der Waals surface area contributed by atoms with Crippen molar-refractivity contribution in [3.63, 3.8) is 0 Å². The van der Waals surface area contributed by atoms with Gasteiger partial charge in [0.05, 0.1) is 7.11 Å². The summed E-state index contributed by atoms with van der Waals surface area (Å²) in [5.41, 5.74) is 1.08. The second-order valence-corrected chi connectivity index (χ2v) is 4.89. The highest BCUT2D eigenvalue weighted by atomic mass is 35.5. The van der Waals surface area contributed by atoms with Gasteiger partial charge in [0.1, 0.15) is 5.75 Å². The summed E-state index contributed by atoms with van der Waals surface area (Å²) in [6.45, 7) is 2.33. The monoisotopic (exact) mass is 313 g/mol. The summed E-state index contributed by atoms with van der Waals surface area (Å²) >= 11 is 6.21. The molecule has 0 aliphatic rings. The maximum Gasteiger partial charge on any atom is 0.190 e. The lowest BCUT2D eigenvalue weighted by Crippen LogP contribution is -2.39. The first-order valence-corrected chi connectivity index (χ1v) is 7.35. The first-order chi connectivity index (χ1) is 10.2. The molecule has 0 amide bonds. The third-order valence-corrected chi connectivity index (χ3v) is 3.34. The summed E-state index contributed by atoms with van der Waals surface area (Å²) < 4.78 is 10.1. The van der Waals surface area contributed by atoms with Crippen LogP contribution in [0.4, 0.5) is 0 Å². The van der Waals surface area contributed by atoms with Crippen molar-refractivity contribution in [2.75, 3.05) is 41.0 Å². The van der Waals surface area contributed by atoms with Crippen LogP contribution in [0.1, 0.15) is 12.0 Å². The minimum Gasteiger partial charge on any atom is -0.497 e. The van der Waals surface area contributed by atoms with Crippen LogP contribution in [0.2, 0.25) is 5.02 Å². The number of aliphatic imine (C=N–C) groups is 1. The second kappa shape index (κ2) is 10.3. The van der Waals surface area contributed by atoms with Gasteiger partial charge in [-0.15, -0.1) is 0 Å². The Morgan fingerprint density at radius 3 is 2.62 bits per heavy atom. The molecule has 0 heterocycles. The van der Waals surface area contributed by atoms with Gasteiger partial charge in [-0.3, -0.25) is 4.99 Å². The molecule has 0 aliphatic carbocycles. The van der Waals surface area contributed by atoms with Gasteiger partial charge < -0.3 is 20.1 Å². The molecule has 0 radical (unpaired) electrons. The number of nitrogens with zero attached hydrogens (tertiary/aromatic N) is 1. The van der Waals surface area contributed by atoms with Gasteiger partial charge in [0, 0.05) is 38.9 Å². The molecule has 6 heteroatoms. The van der Waals surface area contributed by atoms with Gasteiger partial charge in [-0.2, -0.15) is 0 Å². The maximum absolute atomic E-state index is 6.21. The molecule has 2 N–H and O–H groups in total. The number of rotatable bonds is 8. The largest absolute Gasteiger partial charge is 0.497 e. The van der Waals surface area contributed by atoms with Crippen molar-refractivity contribution in [3.05, 3.63) is 28.8 Å². The van der Waals surface area contributed by atoms with E-state index in [1.807, 2.05) is 18.2 Å². The van der Waals surface area contributed by atoms with Gasteiger partial charge >= 0.3 is 0 Å². The summed E-state index contributed by atoms with van der Waals surface area (Å²) in [6, 6.07) is 5.73. The van der Waals surface area contributed by atoms with Crippen LogP contribution in [-0.2, 0) is 11.2 Å². The van der Waals surface area contributed by atoms with Crippen molar-refractivity contribution >= 4 is 17.6 Å². The molecule has 5 nitrogen and oxygen atoms in total. The Bertz CT molecular complexity index is 453. The average Bonchev–Trinajstić information content (AvgIpc) is 2.51.